The molecular weight excluding hydrogens is 532 g/mol. The smallest absolute Gasteiger partial charge is 0.311 e. The fourth-order valence-corrected chi connectivity index (χ4v) is 6.98. The number of amidine groups is 1. The molecule has 3 aliphatic heterocycles. The summed E-state index contributed by atoms with van der Waals surface area (Å²) in [4.78, 5) is 36.8. The molecule has 1 saturated heterocycles. The number of benzene rings is 2. The molecule has 0 aromatic heterocycles. The summed E-state index contributed by atoms with van der Waals surface area (Å²) in [6.45, 7) is 1.83. The topological polar surface area (TPSA) is 144 Å². The Morgan fingerprint density at radius 2 is 1.83 bits per heavy atom. The van der Waals surface area contributed by atoms with Crippen molar-refractivity contribution in [3.63, 3.8) is 0 Å². The van der Waals surface area contributed by atoms with Crippen LogP contribution in [-0.2, 0) is 16.2 Å². The number of rotatable bonds is 9. The van der Waals surface area contributed by atoms with Crippen LogP contribution < -0.4 is 16.3 Å². The number of carbonyl (C=O) groups excluding carboxylic acids is 1. The lowest BCUT2D eigenvalue weighted by molar-refractivity contribution is -0.750. The van der Waals surface area contributed by atoms with Gasteiger partial charge in [0.1, 0.15) is 30.3 Å². The number of amides is 1. The van der Waals surface area contributed by atoms with Crippen LogP contribution in [0.1, 0.15) is 49.7 Å². The predicted molar refractivity (Wildman–Crippen MR) is 159 cm³/mol. The van der Waals surface area contributed by atoms with Gasteiger partial charge in [-0.05, 0) is 75.4 Å². The molecule has 2 fully saturated rings. The van der Waals surface area contributed by atoms with Crippen molar-refractivity contribution in [3.05, 3.63) is 89.5 Å². The lowest BCUT2D eigenvalue weighted by atomic mass is 9.65. The number of hydrogen-bond acceptors (Lipinski definition) is 7. The summed E-state index contributed by atoms with van der Waals surface area (Å²) in [6, 6.07) is 16.9. The Morgan fingerprint density at radius 3 is 2.52 bits per heavy atom. The number of quaternary nitrogens is 1. The maximum absolute atomic E-state index is 12.8. The summed E-state index contributed by atoms with van der Waals surface area (Å²) in [5.41, 5.74) is 8.11. The van der Waals surface area contributed by atoms with Gasteiger partial charge in [0, 0.05) is 5.92 Å². The summed E-state index contributed by atoms with van der Waals surface area (Å²) >= 11 is 0. The van der Waals surface area contributed by atoms with Crippen LogP contribution in [0.15, 0.2) is 88.4 Å². The normalized spacial score (nSPS) is 27.9. The van der Waals surface area contributed by atoms with Crippen LogP contribution in [0.4, 0.5) is 0 Å². The fourth-order valence-electron chi connectivity index (χ4n) is 6.98. The van der Waals surface area contributed by atoms with E-state index in [0.29, 0.717) is 57.0 Å². The van der Waals surface area contributed by atoms with Crippen LogP contribution in [0.25, 0.3) is 0 Å². The van der Waals surface area contributed by atoms with Crippen molar-refractivity contribution >= 4 is 23.9 Å². The third-order valence-corrected chi connectivity index (χ3v) is 9.15. The van der Waals surface area contributed by atoms with Gasteiger partial charge < -0.3 is 15.6 Å². The van der Waals surface area contributed by atoms with Gasteiger partial charge in [0.05, 0.1) is 23.4 Å². The number of carbonyl (C=O) groups is 2. The van der Waals surface area contributed by atoms with E-state index < -0.39 is 23.3 Å². The number of likely N-dealkylation sites (tertiary alicyclic amines) is 1. The minimum Gasteiger partial charge on any atom is -0.489 e. The van der Waals surface area contributed by atoms with E-state index in [4.69, 9.17) is 21.3 Å². The molecule has 218 valence electrons. The zero-order chi connectivity index (χ0) is 29.3. The van der Waals surface area contributed by atoms with Gasteiger partial charge in [0.25, 0.3) is 5.84 Å². The number of nitrogens with two attached hydrogens (primary N) is 2. The molecule has 2 atom stereocenters. The Bertz CT molecular complexity index is 1490. The summed E-state index contributed by atoms with van der Waals surface area (Å²) in [7, 11) is 0. The molecule has 4 aliphatic rings. The molecule has 1 amide bonds. The Morgan fingerprint density at radius 1 is 1.10 bits per heavy atom. The zero-order valence-electron chi connectivity index (χ0n) is 23.6. The number of aliphatic carboxylic acids is 1. The number of carboxylic acid groups (broad SMARTS) is 1. The summed E-state index contributed by atoms with van der Waals surface area (Å²) in [5, 5.41) is 10.4. The van der Waals surface area contributed by atoms with Crippen LogP contribution in [-0.4, -0.2) is 57.7 Å². The first-order chi connectivity index (χ1) is 20.3. The van der Waals surface area contributed by atoms with Gasteiger partial charge >= 0.3 is 5.97 Å². The minimum atomic E-state index is -1.22. The lowest BCUT2D eigenvalue weighted by Crippen LogP contribution is -2.58. The second-order valence-corrected chi connectivity index (χ2v) is 11.6. The molecule has 10 heteroatoms. The Kier molecular flexibility index (Phi) is 7.53. The number of carboxylic acids is 1. The average Bonchev–Trinajstić information content (AvgIpc) is 3.63. The zero-order valence-corrected chi connectivity index (χ0v) is 23.6. The molecule has 10 nitrogen and oxygen atoms in total. The van der Waals surface area contributed by atoms with E-state index in [9.17, 15) is 14.7 Å². The van der Waals surface area contributed by atoms with E-state index in [-0.39, 0.29) is 10.5 Å². The van der Waals surface area contributed by atoms with Gasteiger partial charge in [-0.25, -0.2) is 0 Å². The number of nitrogens with zero attached hydrogens (tertiary/aromatic N) is 4. The van der Waals surface area contributed by atoms with Crippen molar-refractivity contribution in [1.29, 1.82) is 0 Å². The number of aliphatic imine (C=N–C) groups is 2. The third kappa shape index (κ3) is 4.95. The van der Waals surface area contributed by atoms with Crippen molar-refractivity contribution < 1.29 is 24.0 Å². The van der Waals surface area contributed by atoms with E-state index in [1.54, 1.807) is 18.6 Å². The van der Waals surface area contributed by atoms with Gasteiger partial charge in [-0.3, -0.25) is 19.5 Å². The van der Waals surface area contributed by atoms with Gasteiger partial charge in [-0.1, -0.05) is 36.4 Å². The molecule has 0 bridgehead atoms. The quantitative estimate of drug-likeness (QED) is 0.310. The number of fused-ring (bicyclic) bond motifs is 1. The summed E-state index contributed by atoms with van der Waals surface area (Å²) < 4.78 is 5.95. The van der Waals surface area contributed by atoms with Crippen LogP contribution in [0.3, 0.4) is 0 Å². The van der Waals surface area contributed by atoms with Crippen LogP contribution in [0.5, 0.6) is 5.75 Å². The Labute approximate surface area is 245 Å². The summed E-state index contributed by atoms with van der Waals surface area (Å²) in [6.07, 6.45) is 8.88. The van der Waals surface area contributed by atoms with E-state index in [0.717, 1.165) is 35.4 Å². The van der Waals surface area contributed by atoms with Gasteiger partial charge in [0.2, 0.25) is 11.6 Å². The highest BCUT2D eigenvalue weighted by Gasteiger charge is 2.55. The Hall–Kier alpha value is -4.12. The molecule has 3 heterocycles. The first-order valence-corrected chi connectivity index (χ1v) is 14.6. The highest BCUT2D eigenvalue weighted by molar-refractivity contribution is 6.00. The average molecular weight is 570 g/mol. The molecule has 2 unspecified atom stereocenters. The maximum Gasteiger partial charge on any atom is 0.311 e. The predicted octanol–water partition coefficient (Wildman–Crippen LogP) is 3.69. The molecule has 0 spiro atoms. The van der Waals surface area contributed by atoms with E-state index in [1.807, 2.05) is 59.5 Å². The molecule has 1 aliphatic carbocycles. The highest BCUT2D eigenvalue weighted by atomic mass is 16.5. The molecular formula is C32H37N6O4+. The molecule has 2 aromatic rings. The van der Waals surface area contributed by atoms with Crippen molar-refractivity contribution in [3.8, 4) is 5.75 Å². The Balaban J connectivity index is 1.26. The molecule has 6 rings (SSSR count). The maximum atomic E-state index is 12.8. The largest absolute Gasteiger partial charge is 0.489 e. The number of hydrogen-bond donors (Lipinski definition) is 3. The molecule has 0 radical (unpaired) electrons. The van der Waals surface area contributed by atoms with Crippen LogP contribution in [0, 0.1) is 11.3 Å². The fraction of sp³-hybridized carbons (Fsp3) is 0.375. The number of primary amides is 1. The van der Waals surface area contributed by atoms with Gasteiger partial charge in [0.15, 0.2) is 0 Å². The standard InChI is InChI=1S/C32H36N6O4/c33-29(39)28(37-16-4-5-17-37)32(31(40)41)13-11-23(12-14-32)27-26-20-35-15-18-38(26,34)30(36-27)24-9-6-10-25(19-24)42-21-22-7-2-1-3-8-22/h1-3,6-10,15,18-20,23,28H,4-5,11-14,16-17,21,34H2,(H2-,33,39,40,41)/p+1. The molecule has 5 N–H and O–H groups in total. The van der Waals surface area contributed by atoms with Gasteiger partial charge in [-0.2, -0.15) is 10.8 Å². The third-order valence-electron chi connectivity index (χ3n) is 9.15. The summed E-state index contributed by atoms with van der Waals surface area (Å²) in [5.74, 6) is 6.80. The monoisotopic (exact) mass is 569 g/mol. The molecule has 1 saturated carbocycles. The minimum absolute atomic E-state index is 0.0337. The van der Waals surface area contributed by atoms with Crippen molar-refractivity contribution in [2.24, 2.45) is 32.9 Å². The van der Waals surface area contributed by atoms with E-state index >= 15 is 0 Å². The van der Waals surface area contributed by atoms with Crippen LogP contribution in [0.2, 0.25) is 0 Å². The van der Waals surface area contributed by atoms with E-state index in [2.05, 4.69) is 4.99 Å². The first kappa shape index (κ1) is 28.0. The SMILES string of the molecule is NC(=O)C(N1CCCC1)C1(C(=O)O)CCC(C2=C3C=NC=C[N+]3(N)C(c3cccc(OCc4ccccc4)c3)=N2)CC1. The first-order valence-electron chi connectivity index (χ1n) is 14.6. The highest BCUT2D eigenvalue weighted by Crippen LogP contribution is 2.48. The molecule has 42 heavy (non-hydrogen) atoms. The number of allylic oxidation sites excluding steroid dienone is 2. The second kappa shape index (κ2) is 11.3. The van der Waals surface area contributed by atoms with Crippen molar-refractivity contribution in [2.45, 2.75) is 51.2 Å². The van der Waals surface area contributed by atoms with Crippen molar-refractivity contribution in [2.75, 3.05) is 13.1 Å². The van der Waals surface area contributed by atoms with E-state index in [1.165, 1.54) is 0 Å². The molecule has 2 aromatic carbocycles. The van der Waals surface area contributed by atoms with Crippen molar-refractivity contribution in [1.82, 2.24) is 4.90 Å². The second-order valence-electron chi connectivity index (χ2n) is 11.6. The lowest BCUT2D eigenvalue weighted by Gasteiger charge is -2.44. The van der Waals surface area contributed by atoms with Crippen LogP contribution >= 0.6 is 0 Å². The number of ether oxygens (including phenoxy) is 1. The van der Waals surface area contributed by atoms with Gasteiger partial charge in [-0.15, -0.1) is 4.59 Å².